The first-order chi connectivity index (χ1) is 15.7. The van der Waals surface area contributed by atoms with E-state index in [1.807, 2.05) is 48.5 Å². The molecule has 0 bridgehead atoms. The summed E-state index contributed by atoms with van der Waals surface area (Å²) in [6, 6.07) is 25.9. The highest BCUT2D eigenvalue weighted by atomic mass is 16.5. The summed E-state index contributed by atoms with van der Waals surface area (Å²) in [6.45, 7) is 1.37. The number of nitrogens with zero attached hydrogens (tertiary/aromatic N) is 2. The first kappa shape index (κ1) is 21.3. The fourth-order valence-electron chi connectivity index (χ4n) is 4.00. The topological polar surface area (TPSA) is 70.4 Å². The van der Waals surface area contributed by atoms with Gasteiger partial charge in [-0.1, -0.05) is 54.6 Å². The number of nitriles is 1. The van der Waals surface area contributed by atoms with Gasteiger partial charge in [-0.15, -0.1) is 0 Å². The normalized spacial score (nSPS) is 13.9. The van der Waals surface area contributed by atoms with Crippen LogP contribution in [0.4, 0.5) is 0 Å². The van der Waals surface area contributed by atoms with E-state index in [0.29, 0.717) is 42.8 Å². The number of hydrogen-bond acceptors (Lipinski definition) is 4. The highest BCUT2D eigenvalue weighted by molar-refractivity contribution is 5.98. The Morgan fingerprint density at radius 2 is 1.59 bits per heavy atom. The van der Waals surface area contributed by atoms with Crippen molar-refractivity contribution in [3.8, 4) is 11.8 Å². The Labute approximate surface area is 187 Å². The smallest absolute Gasteiger partial charge is 0.253 e. The fourth-order valence-corrected chi connectivity index (χ4v) is 4.00. The Morgan fingerprint density at radius 1 is 0.906 bits per heavy atom. The maximum absolute atomic E-state index is 13.0. The molecular formula is C27H24N2O3. The Bertz CT molecular complexity index is 1140. The molecule has 3 aromatic carbocycles. The molecule has 1 fully saturated rings. The molecule has 32 heavy (non-hydrogen) atoms. The number of piperidine rings is 1. The number of likely N-dealkylation sites (tertiary alicyclic amines) is 1. The van der Waals surface area contributed by atoms with Crippen LogP contribution >= 0.6 is 0 Å². The van der Waals surface area contributed by atoms with Gasteiger partial charge >= 0.3 is 0 Å². The minimum atomic E-state index is -0.0570. The van der Waals surface area contributed by atoms with Crippen molar-refractivity contribution in [1.29, 1.82) is 5.26 Å². The zero-order chi connectivity index (χ0) is 22.3. The third kappa shape index (κ3) is 4.87. The molecule has 0 aliphatic carbocycles. The molecule has 1 aliphatic heterocycles. The molecule has 0 radical (unpaired) electrons. The first-order valence-corrected chi connectivity index (χ1v) is 10.7. The zero-order valence-electron chi connectivity index (χ0n) is 17.7. The quantitative estimate of drug-likeness (QED) is 0.529. The van der Waals surface area contributed by atoms with Crippen LogP contribution in [-0.2, 0) is 6.61 Å². The molecule has 4 rings (SSSR count). The molecule has 0 atom stereocenters. The van der Waals surface area contributed by atoms with Gasteiger partial charge in [0, 0.05) is 35.7 Å². The van der Waals surface area contributed by atoms with Crippen LogP contribution in [0.3, 0.4) is 0 Å². The van der Waals surface area contributed by atoms with Gasteiger partial charge in [-0.2, -0.15) is 5.26 Å². The van der Waals surface area contributed by atoms with Crippen LogP contribution in [0.5, 0.6) is 5.75 Å². The maximum atomic E-state index is 13.0. The number of carbonyl (C=O) groups excluding carboxylic acids is 2. The molecule has 0 saturated carbocycles. The standard InChI is InChI=1S/C27H24N2O3/c28-18-23-9-4-5-10-24(23)19-32-25-12-6-11-22(17-25)27(31)29-15-13-21(14-16-29)26(30)20-7-2-1-3-8-20/h1-12,17,21H,13-16,19H2. The van der Waals surface area contributed by atoms with E-state index in [1.165, 1.54) is 0 Å². The van der Waals surface area contributed by atoms with E-state index in [2.05, 4.69) is 6.07 Å². The van der Waals surface area contributed by atoms with E-state index in [1.54, 1.807) is 35.2 Å². The number of Topliss-reactive ketones (excluding diaryl/α,β-unsaturated/α-hetero) is 1. The first-order valence-electron chi connectivity index (χ1n) is 10.7. The molecule has 0 N–H and O–H groups in total. The summed E-state index contributed by atoms with van der Waals surface area (Å²) in [5, 5.41) is 9.22. The average molecular weight is 425 g/mol. The van der Waals surface area contributed by atoms with Gasteiger partial charge in [-0.05, 0) is 37.1 Å². The lowest BCUT2D eigenvalue weighted by Gasteiger charge is -2.31. The van der Waals surface area contributed by atoms with Gasteiger partial charge in [0.05, 0.1) is 11.6 Å². The molecule has 0 spiro atoms. The predicted molar refractivity (Wildman–Crippen MR) is 121 cm³/mol. The second-order valence-corrected chi connectivity index (χ2v) is 7.88. The number of carbonyl (C=O) groups is 2. The van der Waals surface area contributed by atoms with Crippen molar-refractivity contribution >= 4 is 11.7 Å². The van der Waals surface area contributed by atoms with Gasteiger partial charge in [0.25, 0.3) is 5.91 Å². The Balaban J connectivity index is 1.36. The van der Waals surface area contributed by atoms with Crippen LogP contribution in [0.1, 0.15) is 44.7 Å². The summed E-state index contributed by atoms with van der Waals surface area (Å²) in [5.74, 6) is 0.637. The third-order valence-electron chi connectivity index (χ3n) is 5.82. The molecule has 1 amide bonds. The van der Waals surface area contributed by atoms with Gasteiger partial charge in [-0.25, -0.2) is 0 Å². The van der Waals surface area contributed by atoms with E-state index in [4.69, 9.17) is 4.74 Å². The number of hydrogen-bond donors (Lipinski definition) is 0. The van der Waals surface area contributed by atoms with Gasteiger partial charge in [-0.3, -0.25) is 9.59 Å². The zero-order valence-corrected chi connectivity index (χ0v) is 17.7. The van der Waals surface area contributed by atoms with Crippen LogP contribution in [-0.4, -0.2) is 29.7 Å². The molecule has 5 heteroatoms. The summed E-state index contributed by atoms with van der Waals surface area (Å²) in [7, 11) is 0. The lowest BCUT2D eigenvalue weighted by atomic mass is 9.88. The number of benzene rings is 3. The minimum absolute atomic E-state index is 0.0451. The molecule has 1 aliphatic rings. The van der Waals surface area contributed by atoms with E-state index in [9.17, 15) is 14.9 Å². The largest absolute Gasteiger partial charge is 0.489 e. The Kier molecular flexibility index (Phi) is 6.62. The van der Waals surface area contributed by atoms with Crippen molar-refractivity contribution in [2.24, 2.45) is 5.92 Å². The van der Waals surface area contributed by atoms with Crippen molar-refractivity contribution in [2.75, 3.05) is 13.1 Å². The Hall–Kier alpha value is -3.91. The van der Waals surface area contributed by atoms with E-state index < -0.39 is 0 Å². The molecular weight excluding hydrogens is 400 g/mol. The lowest BCUT2D eigenvalue weighted by molar-refractivity contribution is 0.0650. The van der Waals surface area contributed by atoms with E-state index >= 15 is 0 Å². The predicted octanol–water partition coefficient (Wildman–Crippen LogP) is 4.87. The summed E-state index contributed by atoms with van der Waals surface area (Å²) < 4.78 is 5.84. The molecule has 1 saturated heterocycles. The minimum Gasteiger partial charge on any atom is -0.489 e. The van der Waals surface area contributed by atoms with Gasteiger partial charge in [0.2, 0.25) is 0 Å². The highest BCUT2D eigenvalue weighted by Crippen LogP contribution is 2.24. The van der Waals surface area contributed by atoms with Crippen molar-refractivity contribution in [3.05, 3.63) is 101 Å². The number of ether oxygens (including phenoxy) is 1. The third-order valence-corrected chi connectivity index (χ3v) is 5.82. The van der Waals surface area contributed by atoms with Crippen LogP contribution in [0.15, 0.2) is 78.9 Å². The maximum Gasteiger partial charge on any atom is 0.253 e. The van der Waals surface area contributed by atoms with Gasteiger partial charge < -0.3 is 9.64 Å². The monoisotopic (exact) mass is 424 g/mol. The number of ketones is 1. The Morgan fingerprint density at radius 3 is 2.34 bits per heavy atom. The lowest BCUT2D eigenvalue weighted by Crippen LogP contribution is -2.40. The summed E-state index contributed by atoms with van der Waals surface area (Å²) in [4.78, 5) is 27.5. The molecule has 5 nitrogen and oxygen atoms in total. The number of amides is 1. The summed E-state index contributed by atoms with van der Waals surface area (Å²) in [5.41, 5.74) is 2.67. The fraction of sp³-hybridized carbons (Fsp3) is 0.222. The molecule has 1 heterocycles. The highest BCUT2D eigenvalue weighted by Gasteiger charge is 2.28. The van der Waals surface area contributed by atoms with Crippen LogP contribution < -0.4 is 4.74 Å². The second kappa shape index (κ2) is 9.93. The molecule has 3 aromatic rings. The summed E-state index contributed by atoms with van der Waals surface area (Å²) >= 11 is 0. The van der Waals surface area contributed by atoms with Crippen molar-refractivity contribution in [3.63, 3.8) is 0 Å². The van der Waals surface area contributed by atoms with Crippen molar-refractivity contribution in [2.45, 2.75) is 19.4 Å². The molecule has 0 aromatic heterocycles. The van der Waals surface area contributed by atoms with E-state index in [-0.39, 0.29) is 24.2 Å². The molecule has 160 valence electrons. The molecule has 0 unspecified atom stereocenters. The second-order valence-electron chi connectivity index (χ2n) is 7.88. The van der Waals surface area contributed by atoms with Crippen LogP contribution in [0.25, 0.3) is 0 Å². The van der Waals surface area contributed by atoms with Crippen molar-refractivity contribution < 1.29 is 14.3 Å². The van der Waals surface area contributed by atoms with Gasteiger partial charge in [0.15, 0.2) is 5.78 Å². The SMILES string of the molecule is N#Cc1ccccc1COc1cccc(C(=O)N2CCC(C(=O)c3ccccc3)CC2)c1. The van der Waals surface area contributed by atoms with E-state index in [0.717, 1.165) is 11.1 Å². The van der Waals surface area contributed by atoms with Crippen LogP contribution in [0.2, 0.25) is 0 Å². The number of rotatable bonds is 6. The van der Waals surface area contributed by atoms with Crippen molar-refractivity contribution in [1.82, 2.24) is 4.90 Å². The summed E-state index contributed by atoms with van der Waals surface area (Å²) in [6.07, 6.45) is 1.33. The van der Waals surface area contributed by atoms with Gasteiger partial charge in [0.1, 0.15) is 12.4 Å². The van der Waals surface area contributed by atoms with Crippen LogP contribution in [0, 0.1) is 17.2 Å². The average Bonchev–Trinajstić information content (AvgIpc) is 2.87.